The number of benzene rings is 1. The Kier molecular flexibility index (Phi) is 9.55. The number of fused-ring (bicyclic) bond motifs is 1. The lowest BCUT2D eigenvalue weighted by molar-refractivity contribution is -0.187. The lowest BCUT2D eigenvalue weighted by Crippen LogP contribution is -2.46. The number of allylic oxidation sites excluding steroid dienone is 2. The molecule has 2 aliphatic heterocycles. The third kappa shape index (κ3) is 6.87. The number of nitrogens with two attached hydrogens (primary N) is 1. The Morgan fingerprint density at radius 2 is 2.08 bits per heavy atom. The van der Waals surface area contributed by atoms with Crippen molar-refractivity contribution in [2.75, 3.05) is 33.0 Å². The molecule has 0 aromatic heterocycles. The summed E-state index contributed by atoms with van der Waals surface area (Å²) in [7, 11) is 0. The molecule has 2 heterocycles. The average molecular weight is 502 g/mol. The number of rotatable bonds is 12. The van der Waals surface area contributed by atoms with Gasteiger partial charge < -0.3 is 15.6 Å². The van der Waals surface area contributed by atoms with Gasteiger partial charge in [-0.15, -0.1) is 0 Å². The van der Waals surface area contributed by atoms with E-state index in [9.17, 15) is 14.7 Å². The largest absolute Gasteiger partial charge is 0.493 e. The standard InChI is InChI=1S/C28H43N3O5/c1-6-7-11-31(36-18-29)25(32)17-30-16-22(20-8-9-24-21(13-20)10-12-35-24)26(27(33)34)23(30)15-28(4,5)14-19(2)3/h8-9,13-14,22-23,26H,6-7,10-12,15-18,29H2,1-5H3,(H,33,34)/t22-,23+,26?/m1/s1. The fraction of sp³-hybridized carbons (Fsp3) is 0.643. The number of unbranched alkanes of at least 4 members (excludes halogenated alkanes) is 1. The summed E-state index contributed by atoms with van der Waals surface area (Å²) in [4.78, 5) is 33.5. The van der Waals surface area contributed by atoms with E-state index in [-0.39, 0.29) is 36.6 Å². The first-order valence-electron chi connectivity index (χ1n) is 13.1. The highest BCUT2D eigenvalue weighted by atomic mass is 16.7. The molecule has 1 fully saturated rings. The first-order valence-corrected chi connectivity index (χ1v) is 13.1. The number of hydroxylamine groups is 2. The maximum Gasteiger partial charge on any atom is 0.308 e. The second-order valence-corrected chi connectivity index (χ2v) is 11.0. The number of carbonyl (C=O) groups is 2. The Hall–Kier alpha value is -2.42. The number of amides is 1. The molecule has 3 rings (SSSR count). The van der Waals surface area contributed by atoms with Crippen LogP contribution in [0.3, 0.4) is 0 Å². The normalized spacial score (nSPS) is 21.7. The van der Waals surface area contributed by atoms with Gasteiger partial charge >= 0.3 is 5.97 Å². The van der Waals surface area contributed by atoms with Gasteiger partial charge in [-0.2, -0.15) is 0 Å². The van der Waals surface area contributed by atoms with Crippen molar-refractivity contribution >= 4 is 11.9 Å². The van der Waals surface area contributed by atoms with Gasteiger partial charge in [0.15, 0.2) is 0 Å². The Balaban J connectivity index is 1.94. The van der Waals surface area contributed by atoms with Crippen molar-refractivity contribution in [2.45, 2.75) is 72.3 Å². The van der Waals surface area contributed by atoms with Gasteiger partial charge in [-0.1, -0.05) is 51.0 Å². The van der Waals surface area contributed by atoms with E-state index in [0.29, 0.717) is 26.1 Å². The number of nitrogens with zero attached hydrogens (tertiary/aromatic N) is 2. The third-order valence-corrected chi connectivity index (χ3v) is 7.15. The zero-order valence-corrected chi connectivity index (χ0v) is 22.5. The molecule has 1 aromatic rings. The van der Waals surface area contributed by atoms with E-state index in [1.165, 1.54) is 10.6 Å². The van der Waals surface area contributed by atoms with Gasteiger partial charge in [0.05, 0.1) is 19.1 Å². The molecule has 0 saturated carbocycles. The van der Waals surface area contributed by atoms with Crippen LogP contribution in [0.5, 0.6) is 5.75 Å². The highest BCUT2D eigenvalue weighted by molar-refractivity contribution is 5.78. The van der Waals surface area contributed by atoms with Crippen molar-refractivity contribution in [2.24, 2.45) is 17.1 Å². The molecule has 3 N–H and O–H groups in total. The molecule has 1 aromatic carbocycles. The van der Waals surface area contributed by atoms with Crippen molar-refractivity contribution in [3.05, 3.63) is 41.0 Å². The van der Waals surface area contributed by atoms with Crippen LogP contribution in [0.15, 0.2) is 29.8 Å². The van der Waals surface area contributed by atoms with Gasteiger partial charge in [0.25, 0.3) is 5.91 Å². The minimum atomic E-state index is -0.828. The summed E-state index contributed by atoms with van der Waals surface area (Å²) in [6, 6.07) is 5.73. The summed E-state index contributed by atoms with van der Waals surface area (Å²) < 4.78 is 5.66. The number of hydrogen-bond acceptors (Lipinski definition) is 6. The number of carboxylic acids is 1. The molecule has 0 aliphatic carbocycles. The molecule has 1 amide bonds. The molecule has 0 spiro atoms. The molecule has 200 valence electrons. The van der Waals surface area contributed by atoms with Crippen molar-refractivity contribution in [3.63, 3.8) is 0 Å². The molecule has 8 heteroatoms. The average Bonchev–Trinajstić information content (AvgIpc) is 3.39. The molecule has 3 atom stereocenters. The topological polar surface area (TPSA) is 105 Å². The summed E-state index contributed by atoms with van der Waals surface area (Å²) in [6.07, 6.45) is 5.37. The van der Waals surface area contributed by atoms with Crippen LogP contribution in [-0.4, -0.2) is 66.0 Å². The van der Waals surface area contributed by atoms with E-state index in [2.05, 4.69) is 51.7 Å². The summed E-state index contributed by atoms with van der Waals surface area (Å²) in [5, 5.41) is 11.8. The fourth-order valence-corrected chi connectivity index (χ4v) is 5.81. The summed E-state index contributed by atoms with van der Waals surface area (Å²) in [5.74, 6) is -1.00. The SMILES string of the molecule is CCCCN(OCN)C(=O)CN1C[C@H](c2ccc3c(c2)CCO3)C(C(=O)O)[C@@H]1CC(C)(C)C=C(C)C. The molecule has 8 nitrogen and oxygen atoms in total. The Morgan fingerprint density at radius 1 is 1.33 bits per heavy atom. The lowest BCUT2D eigenvalue weighted by atomic mass is 9.77. The predicted octanol–water partition coefficient (Wildman–Crippen LogP) is 3.95. The van der Waals surface area contributed by atoms with E-state index in [1.54, 1.807) is 0 Å². The first kappa shape index (κ1) is 28.2. The lowest BCUT2D eigenvalue weighted by Gasteiger charge is -2.34. The summed E-state index contributed by atoms with van der Waals surface area (Å²) >= 11 is 0. The van der Waals surface area contributed by atoms with Gasteiger partial charge in [0, 0.05) is 31.5 Å². The van der Waals surface area contributed by atoms with Crippen molar-refractivity contribution in [3.8, 4) is 5.75 Å². The molecule has 1 unspecified atom stereocenters. The maximum absolute atomic E-state index is 13.3. The van der Waals surface area contributed by atoms with Crippen LogP contribution in [0.1, 0.15) is 70.9 Å². The van der Waals surface area contributed by atoms with Crippen molar-refractivity contribution in [1.29, 1.82) is 0 Å². The number of carboxylic acid groups (broad SMARTS) is 1. The van der Waals surface area contributed by atoms with Crippen molar-refractivity contribution in [1.82, 2.24) is 9.96 Å². The summed E-state index contributed by atoms with van der Waals surface area (Å²) in [5.41, 5.74) is 8.66. The second-order valence-electron chi connectivity index (χ2n) is 11.0. The van der Waals surface area contributed by atoms with E-state index < -0.39 is 11.9 Å². The zero-order valence-electron chi connectivity index (χ0n) is 22.5. The van der Waals surface area contributed by atoms with Crippen LogP contribution >= 0.6 is 0 Å². The van der Waals surface area contributed by atoms with E-state index >= 15 is 0 Å². The highest BCUT2D eigenvalue weighted by Gasteiger charge is 2.48. The Bertz CT molecular complexity index is 957. The molecule has 2 aliphatic rings. The van der Waals surface area contributed by atoms with Gasteiger partial charge in [0.2, 0.25) is 0 Å². The minimum absolute atomic E-state index is 0.0793. The zero-order chi connectivity index (χ0) is 26.5. The van der Waals surface area contributed by atoms with Crippen molar-refractivity contribution < 1.29 is 24.3 Å². The van der Waals surface area contributed by atoms with Crippen LogP contribution in [-0.2, 0) is 20.8 Å². The summed E-state index contributed by atoms with van der Waals surface area (Å²) in [6.45, 7) is 12.0. The highest BCUT2D eigenvalue weighted by Crippen LogP contribution is 2.44. The van der Waals surface area contributed by atoms with Gasteiger partial charge in [-0.05, 0) is 49.3 Å². The monoisotopic (exact) mass is 501 g/mol. The van der Waals surface area contributed by atoms with Crippen LogP contribution < -0.4 is 10.5 Å². The van der Waals surface area contributed by atoms with Gasteiger partial charge in [-0.3, -0.25) is 19.3 Å². The Morgan fingerprint density at radius 3 is 2.72 bits per heavy atom. The molecular formula is C28H43N3O5. The van der Waals surface area contributed by atoms with Crippen LogP contribution in [0.4, 0.5) is 0 Å². The third-order valence-electron chi connectivity index (χ3n) is 7.15. The molecular weight excluding hydrogens is 458 g/mol. The maximum atomic E-state index is 13.3. The quantitative estimate of drug-likeness (QED) is 0.254. The van der Waals surface area contributed by atoms with E-state index in [4.69, 9.17) is 15.3 Å². The smallest absolute Gasteiger partial charge is 0.308 e. The first-order chi connectivity index (χ1) is 17.1. The predicted molar refractivity (Wildman–Crippen MR) is 139 cm³/mol. The van der Waals surface area contributed by atoms with E-state index in [0.717, 1.165) is 36.1 Å². The van der Waals surface area contributed by atoms with Crippen LogP contribution in [0.25, 0.3) is 0 Å². The Labute approximate surface area is 215 Å². The molecule has 36 heavy (non-hydrogen) atoms. The number of likely N-dealkylation sites (tertiary alicyclic amines) is 1. The van der Waals surface area contributed by atoms with Crippen LogP contribution in [0.2, 0.25) is 0 Å². The van der Waals surface area contributed by atoms with Crippen LogP contribution in [0, 0.1) is 11.3 Å². The molecule has 1 saturated heterocycles. The minimum Gasteiger partial charge on any atom is -0.493 e. The van der Waals surface area contributed by atoms with Gasteiger partial charge in [-0.25, -0.2) is 5.06 Å². The second kappa shape index (κ2) is 12.2. The number of aliphatic carboxylic acids is 1. The molecule has 0 radical (unpaired) electrons. The van der Waals surface area contributed by atoms with E-state index in [1.807, 2.05) is 12.1 Å². The number of hydrogen-bond donors (Lipinski definition) is 2. The molecule has 0 bridgehead atoms. The fourth-order valence-electron chi connectivity index (χ4n) is 5.81. The number of ether oxygens (including phenoxy) is 1. The van der Waals surface area contributed by atoms with Gasteiger partial charge in [0.1, 0.15) is 12.5 Å². The number of carbonyl (C=O) groups excluding carboxylic acids is 1.